The monoisotopic (exact) mass is 396 g/mol. The molecular weight excluding hydrogens is 356 g/mol. The third-order valence-corrected chi connectivity index (χ3v) is 9.87. The number of hydrogen-bond acceptors (Lipinski definition) is 2. The Morgan fingerprint density at radius 3 is 2.66 bits per heavy atom. The second-order valence-electron chi connectivity index (χ2n) is 11.7. The van der Waals surface area contributed by atoms with E-state index in [4.69, 9.17) is 0 Å². The predicted molar refractivity (Wildman–Crippen MR) is 117 cm³/mol. The Kier molecular flexibility index (Phi) is 4.77. The third-order valence-electron chi connectivity index (χ3n) is 9.87. The maximum Gasteiger partial charge on any atom is 0.0622 e. The van der Waals surface area contributed by atoms with Gasteiger partial charge >= 0.3 is 0 Å². The van der Waals surface area contributed by atoms with E-state index in [0.29, 0.717) is 11.3 Å². The molecule has 1 N–H and O–H groups in total. The van der Waals surface area contributed by atoms with E-state index in [9.17, 15) is 5.11 Å². The van der Waals surface area contributed by atoms with E-state index in [-0.39, 0.29) is 0 Å². The van der Waals surface area contributed by atoms with Gasteiger partial charge < -0.3 is 5.11 Å². The van der Waals surface area contributed by atoms with Crippen molar-refractivity contribution in [1.82, 2.24) is 9.78 Å². The molecule has 0 radical (unpaired) electrons. The summed E-state index contributed by atoms with van der Waals surface area (Å²) in [6.07, 6.45) is 13.7. The normalized spacial score (nSPS) is 46.6. The van der Waals surface area contributed by atoms with Crippen molar-refractivity contribution >= 4 is 0 Å². The summed E-state index contributed by atoms with van der Waals surface area (Å²) >= 11 is 0. The highest BCUT2D eigenvalue weighted by Gasteiger charge is 2.57. The average Bonchev–Trinajstić information content (AvgIpc) is 3.22. The van der Waals surface area contributed by atoms with Crippen molar-refractivity contribution in [3.8, 4) is 0 Å². The lowest BCUT2D eigenvalue weighted by molar-refractivity contribution is -0.0979. The van der Waals surface area contributed by atoms with Crippen molar-refractivity contribution in [3.05, 3.63) is 30.1 Å². The van der Waals surface area contributed by atoms with E-state index in [1.165, 1.54) is 50.5 Å². The number of aryl methyl sites for hydroxylation is 1. The SMILES string of the molecule is C=C(Cn1ccc(C)n1)[C@H]1CC[C@H]2[C@@H]3CC[C@H]4C[C@](C)(O)CC[C@@H]4[C@H]3CC[C@]12C. The summed E-state index contributed by atoms with van der Waals surface area (Å²) in [6, 6.07) is 2.09. The maximum atomic E-state index is 10.6. The standard InChI is InChI=1S/C26H40N2O/c1-17(16-28-14-11-18(2)27-28)23-7-8-24-22-6-5-19-15-25(3,29)12-9-20(19)21(22)10-13-26(23,24)4/h11,14,19-24,29H,1,5-10,12-13,15-16H2,2-4H3/t19-,20-,21+,22+,23+,24-,25+,26+/m0/s1. The van der Waals surface area contributed by atoms with Gasteiger partial charge in [-0.2, -0.15) is 5.10 Å². The topological polar surface area (TPSA) is 38.0 Å². The first-order valence-corrected chi connectivity index (χ1v) is 12.2. The minimum absolute atomic E-state index is 0.405. The number of fused-ring (bicyclic) bond motifs is 5. The van der Waals surface area contributed by atoms with Gasteiger partial charge in [-0.05, 0) is 119 Å². The van der Waals surface area contributed by atoms with Crippen LogP contribution in [0.3, 0.4) is 0 Å². The van der Waals surface area contributed by atoms with E-state index < -0.39 is 5.60 Å². The molecular formula is C26H40N2O. The lowest BCUT2D eigenvalue weighted by Crippen LogP contribution is -2.50. The molecule has 0 spiro atoms. The van der Waals surface area contributed by atoms with Crippen LogP contribution in [0.1, 0.15) is 77.3 Å². The summed E-state index contributed by atoms with van der Waals surface area (Å²) in [7, 11) is 0. The lowest BCUT2D eigenvalue weighted by Gasteiger charge is -2.57. The van der Waals surface area contributed by atoms with E-state index in [0.717, 1.165) is 54.7 Å². The number of hydrogen-bond donors (Lipinski definition) is 1. The molecule has 4 aliphatic carbocycles. The van der Waals surface area contributed by atoms with Crippen LogP contribution in [-0.2, 0) is 6.54 Å². The molecule has 0 saturated heterocycles. The molecule has 1 aromatic heterocycles. The Labute approximate surface area is 177 Å². The lowest BCUT2D eigenvalue weighted by atomic mass is 9.49. The van der Waals surface area contributed by atoms with Gasteiger partial charge in [-0.1, -0.05) is 19.1 Å². The number of nitrogens with zero attached hydrogens (tertiary/aromatic N) is 2. The zero-order chi connectivity index (χ0) is 20.4. The Morgan fingerprint density at radius 1 is 1.10 bits per heavy atom. The van der Waals surface area contributed by atoms with Crippen LogP contribution in [-0.4, -0.2) is 20.5 Å². The molecule has 4 saturated carbocycles. The van der Waals surface area contributed by atoms with Crippen LogP contribution in [0.15, 0.2) is 24.4 Å². The minimum atomic E-state index is -0.405. The van der Waals surface area contributed by atoms with Crippen molar-refractivity contribution in [3.63, 3.8) is 0 Å². The van der Waals surface area contributed by atoms with E-state index in [2.05, 4.69) is 49.4 Å². The fourth-order valence-corrected chi connectivity index (χ4v) is 8.62. The molecule has 0 bridgehead atoms. The first-order valence-electron chi connectivity index (χ1n) is 12.2. The van der Waals surface area contributed by atoms with Gasteiger partial charge in [0.15, 0.2) is 0 Å². The summed E-state index contributed by atoms with van der Waals surface area (Å²) in [5, 5.41) is 15.2. The molecule has 4 fully saturated rings. The van der Waals surface area contributed by atoms with E-state index in [1.807, 2.05) is 0 Å². The highest BCUT2D eigenvalue weighted by atomic mass is 16.3. The van der Waals surface area contributed by atoms with Crippen molar-refractivity contribution in [2.75, 3.05) is 0 Å². The largest absolute Gasteiger partial charge is 0.390 e. The first-order chi connectivity index (χ1) is 13.8. The van der Waals surface area contributed by atoms with Crippen LogP contribution in [0.2, 0.25) is 0 Å². The smallest absolute Gasteiger partial charge is 0.0622 e. The summed E-state index contributed by atoms with van der Waals surface area (Å²) in [4.78, 5) is 0. The quantitative estimate of drug-likeness (QED) is 0.659. The van der Waals surface area contributed by atoms with Crippen LogP contribution in [0.4, 0.5) is 0 Å². The Balaban J connectivity index is 1.31. The van der Waals surface area contributed by atoms with Crippen molar-refractivity contribution in [1.29, 1.82) is 0 Å². The molecule has 0 aromatic carbocycles. The Morgan fingerprint density at radius 2 is 1.90 bits per heavy atom. The van der Waals surface area contributed by atoms with Crippen LogP contribution >= 0.6 is 0 Å². The molecule has 3 nitrogen and oxygen atoms in total. The van der Waals surface area contributed by atoms with Gasteiger partial charge in [0.1, 0.15) is 0 Å². The summed E-state index contributed by atoms with van der Waals surface area (Å²) in [6.45, 7) is 12.2. The van der Waals surface area contributed by atoms with Crippen molar-refractivity contribution in [2.24, 2.45) is 40.9 Å². The van der Waals surface area contributed by atoms with Crippen molar-refractivity contribution < 1.29 is 5.11 Å². The van der Waals surface area contributed by atoms with Crippen LogP contribution < -0.4 is 0 Å². The molecule has 3 heteroatoms. The van der Waals surface area contributed by atoms with Gasteiger partial charge in [0, 0.05) is 6.20 Å². The van der Waals surface area contributed by atoms with Gasteiger partial charge in [0.05, 0.1) is 17.8 Å². The number of aromatic nitrogens is 2. The highest BCUT2D eigenvalue weighted by Crippen LogP contribution is 2.65. The fraction of sp³-hybridized carbons (Fsp3) is 0.808. The van der Waals surface area contributed by atoms with Crippen LogP contribution in [0, 0.1) is 47.8 Å². The zero-order valence-electron chi connectivity index (χ0n) is 18.7. The van der Waals surface area contributed by atoms with Crippen LogP contribution in [0.25, 0.3) is 0 Å². The molecule has 0 amide bonds. The Bertz CT molecular complexity index is 779. The van der Waals surface area contributed by atoms with Gasteiger partial charge in [-0.3, -0.25) is 4.68 Å². The summed E-state index contributed by atoms with van der Waals surface area (Å²) < 4.78 is 2.08. The number of aliphatic hydroxyl groups is 1. The average molecular weight is 397 g/mol. The third kappa shape index (κ3) is 3.32. The molecule has 0 unspecified atom stereocenters. The second-order valence-corrected chi connectivity index (χ2v) is 11.7. The molecule has 160 valence electrons. The summed E-state index contributed by atoms with van der Waals surface area (Å²) in [5.74, 6) is 5.03. The predicted octanol–water partition coefficient (Wildman–Crippen LogP) is 5.77. The molecule has 8 atom stereocenters. The molecule has 29 heavy (non-hydrogen) atoms. The van der Waals surface area contributed by atoms with E-state index in [1.54, 1.807) is 0 Å². The van der Waals surface area contributed by atoms with Gasteiger partial charge in [-0.25, -0.2) is 0 Å². The highest BCUT2D eigenvalue weighted by molar-refractivity contribution is 5.16. The van der Waals surface area contributed by atoms with Gasteiger partial charge in [0.2, 0.25) is 0 Å². The second kappa shape index (κ2) is 6.97. The van der Waals surface area contributed by atoms with Crippen LogP contribution in [0.5, 0.6) is 0 Å². The van der Waals surface area contributed by atoms with Gasteiger partial charge in [-0.15, -0.1) is 0 Å². The summed E-state index contributed by atoms with van der Waals surface area (Å²) in [5.41, 5.74) is 2.53. The van der Waals surface area contributed by atoms with Gasteiger partial charge in [0.25, 0.3) is 0 Å². The fourth-order valence-electron chi connectivity index (χ4n) is 8.62. The molecule has 5 rings (SSSR count). The first kappa shape index (κ1) is 19.8. The number of rotatable bonds is 3. The zero-order valence-corrected chi connectivity index (χ0v) is 18.7. The maximum absolute atomic E-state index is 10.6. The molecule has 4 aliphatic rings. The minimum Gasteiger partial charge on any atom is -0.390 e. The van der Waals surface area contributed by atoms with Crippen molar-refractivity contribution in [2.45, 2.75) is 90.7 Å². The molecule has 1 aromatic rings. The van der Waals surface area contributed by atoms with E-state index >= 15 is 0 Å². The Hall–Kier alpha value is -1.09. The number of allylic oxidation sites excluding steroid dienone is 1. The molecule has 1 heterocycles. The molecule has 0 aliphatic heterocycles.